The lowest BCUT2D eigenvalue weighted by Gasteiger charge is -2.46. The number of aliphatic hydroxyl groups is 1. The molecule has 11 nitrogen and oxygen atoms in total. The van der Waals surface area contributed by atoms with E-state index in [1.54, 1.807) is 30.8 Å². The number of carbonyl (C=O) groups excluding carboxylic acids is 3. The number of rotatable bonds is 8. The summed E-state index contributed by atoms with van der Waals surface area (Å²) in [5.41, 5.74) is 1.56. The van der Waals surface area contributed by atoms with E-state index in [4.69, 9.17) is 4.74 Å². The molecule has 2 aromatic heterocycles. The number of aliphatic hydroxyl groups excluding tert-OH is 1. The molecule has 12 heteroatoms. The van der Waals surface area contributed by atoms with Crippen molar-refractivity contribution in [1.82, 2.24) is 14.3 Å². The van der Waals surface area contributed by atoms with Crippen LogP contribution in [-0.4, -0.2) is 54.1 Å². The third kappa shape index (κ3) is 3.92. The number of ketones is 1. The average molecular weight is 525 g/mol. The van der Waals surface area contributed by atoms with Gasteiger partial charge in [0.15, 0.2) is 5.78 Å². The smallest absolute Gasteiger partial charge is 0.355 e. The second-order valence-electron chi connectivity index (χ2n) is 9.19. The molecule has 0 spiro atoms. The Kier molecular flexibility index (Phi) is 6.16. The molecule has 0 unspecified atom stereocenters. The monoisotopic (exact) mass is 524 g/mol. The summed E-state index contributed by atoms with van der Waals surface area (Å²) >= 11 is 1.31. The van der Waals surface area contributed by atoms with E-state index in [0.29, 0.717) is 33.0 Å². The molecule has 4 atom stereocenters. The molecule has 0 bridgehead atoms. The number of nitrogens with zero attached hydrogens (tertiary/aromatic N) is 4. The zero-order valence-corrected chi connectivity index (χ0v) is 21.1. The molecule has 3 aromatic rings. The fourth-order valence-electron chi connectivity index (χ4n) is 5.10. The summed E-state index contributed by atoms with van der Waals surface area (Å²) in [5, 5.41) is 21.1. The van der Waals surface area contributed by atoms with Gasteiger partial charge in [0.1, 0.15) is 29.2 Å². The second kappa shape index (κ2) is 9.20. The van der Waals surface area contributed by atoms with Crippen molar-refractivity contribution in [1.29, 1.82) is 0 Å². The quantitative estimate of drug-likeness (QED) is 0.155. The fraction of sp³-hybridized carbons (Fsp3) is 0.360. The van der Waals surface area contributed by atoms with E-state index in [2.05, 4.69) is 4.98 Å². The first-order valence-corrected chi connectivity index (χ1v) is 12.6. The molecular formula is C25H24N4O7S. The normalized spacial score (nSPS) is 21.7. The number of nitro benzene ring substituents is 1. The fourth-order valence-corrected chi connectivity index (χ4v) is 6.33. The van der Waals surface area contributed by atoms with E-state index in [1.807, 2.05) is 6.92 Å². The zero-order chi connectivity index (χ0) is 26.6. The number of nitro groups is 1. The SMILES string of the molecule is CCC(=O)c1ncn2cc(C3=C(C(=O)OCc4ccc([N+](=O)[O-])cc4)N4C(=O)[C@H]([C@@H](C)O)[C@H]4[C@H]3C)sc12. The lowest BCUT2D eigenvalue weighted by Crippen LogP contribution is -2.63. The minimum Gasteiger partial charge on any atom is -0.456 e. The summed E-state index contributed by atoms with van der Waals surface area (Å²) in [6.45, 7) is 5.08. The highest BCUT2D eigenvalue weighted by molar-refractivity contribution is 7.18. The van der Waals surface area contributed by atoms with Gasteiger partial charge >= 0.3 is 5.97 Å². The molecule has 0 radical (unpaired) electrons. The Balaban J connectivity index is 1.51. The topological polar surface area (TPSA) is 144 Å². The predicted octanol–water partition coefficient (Wildman–Crippen LogP) is 3.21. The van der Waals surface area contributed by atoms with Crippen LogP contribution in [0.3, 0.4) is 0 Å². The molecule has 4 heterocycles. The number of non-ortho nitro benzene ring substituents is 1. The minimum absolute atomic E-state index is 0.0765. The second-order valence-corrected chi connectivity index (χ2v) is 10.2. The molecule has 1 N–H and O–H groups in total. The molecule has 0 saturated carbocycles. The molecule has 2 aliphatic rings. The molecular weight excluding hydrogens is 500 g/mol. The van der Waals surface area contributed by atoms with Crippen LogP contribution in [0.4, 0.5) is 5.69 Å². The van der Waals surface area contributed by atoms with Crippen LogP contribution in [-0.2, 0) is 20.9 Å². The summed E-state index contributed by atoms with van der Waals surface area (Å²) in [6.07, 6.45) is 2.75. The number of hydrogen-bond donors (Lipinski definition) is 1. The summed E-state index contributed by atoms with van der Waals surface area (Å²) in [5.74, 6) is -2.08. The third-order valence-corrected chi connectivity index (χ3v) is 8.09. The molecule has 1 amide bonds. The first kappa shape index (κ1) is 24.8. The number of benzene rings is 1. The van der Waals surface area contributed by atoms with Gasteiger partial charge in [0.2, 0.25) is 5.91 Å². The van der Waals surface area contributed by atoms with Crippen molar-refractivity contribution in [2.45, 2.75) is 45.9 Å². The molecule has 192 valence electrons. The Morgan fingerprint density at radius 2 is 2.00 bits per heavy atom. The Hall–Kier alpha value is -3.90. The number of imidazole rings is 1. The van der Waals surface area contributed by atoms with Gasteiger partial charge < -0.3 is 14.7 Å². The Bertz CT molecular complexity index is 1470. The lowest BCUT2D eigenvalue weighted by molar-refractivity contribution is -0.384. The predicted molar refractivity (Wildman–Crippen MR) is 132 cm³/mol. The summed E-state index contributed by atoms with van der Waals surface area (Å²) < 4.78 is 7.28. The number of carbonyl (C=O) groups is 3. The molecule has 1 fully saturated rings. The van der Waals surface area contributed by atoms with Crippen LogP contribution >= 0.6 is 11.3 Å². The number of hydrogen-bond acceptors (Lipinski definition) is 9. The Morgan fingerprint density at radius 3 is 2.62 bits per heavy atom. The van der Waals surface area contributed by atoms with Gasteiger partial charge in [0, 0.05) is 36.2 Å². The molecule has 2 aliphatic heterocycles. The highest BCUT2D eigenvalue weighted by atomic mass is 32.1. The maximum absolute atomic E-state index is 13.4. The highest BCUT2D eigenvalue weighted by Gasteiger charge is 2.60. The summed E-state index contributed by atoms with van der Waals surface area (Å²) in [6, 6.07) is 5.25. The van der Waals surface area contributed by atoms with Crippen molar-refractivity contribution in [2.75, 3.05) is 0 Å². The van der Waals surface area contributed by atoms with Gasteiger partial charge in [-0.05, 0) is 24.6 Å². The van der Waals surface area contributed by atoms with Gasteiger partial charge in [-0.25, -0.2) is 9.78 Å². The number of amides is 1. The molecule has 0 aliphatic carbocycles. The van der Waals surface area contributed by atoms with Gasteiger partial charge in [-0.15, -0.1) is 11.3 Å². The molecule has 1 saturated heterocycles. The van der Waals surface area contributed by atoms with Crippen LogP contribution in [0, 0.1) is 22.0 Å². The van der Waals surface area contributed by atoms with E-state index in [9.17, 15) is 29.6 Å². The maximum atomic E-state index is 13.4. The van der Waals surface area contributed by atoms with Gasteiger partial charge in [0.05, 0.1) is 27.9 Å². The molecule has 5 rings (SSSR count). The van der Waals surface area contributed by atoms with Gasteiger partial charge in [-0.2, -0.15) is 0 Å². The number of esters is 1. The van der Waals surface area contributed by atoms with Gasteiger partial charge in [-0.3, -0.25) is 24.1 Å². The molecule has 37 heavy (non-hydrogen) atoms. The van der Waals surface area contributed by atoms with Crippen LogP contribution in [0.2, 0.25) is 0 Å². The number of fused-ring (bicyclic) bond motifs is 2. The zero-order valence-electron chi connectivity index (χ0n) is 20.3. The van der Waals surface area contributed by atoms with Crippen molar-refractivity contribution >= 4 is 45.1 Å². The van der Waals surface area contributed by atoms with Gasteiger partial charge in [0.25, 0.3) is 5.69 Å². The molecule has 1 aromatic carbocycles. The van der Waals surface area contributed by atoms with Gasteiger partial charge in [-0.1, -0.05) is 13.8 Å². The first-order chi connectivity index (χ1) is 17.6. The van der Waals surface area contributed by atoms with Crippen molar-refractivity contribution in [3.05, 3.63) is 68.7 Å². The van der Waals surface area contributed by atoms with Crippen LogP contribution in [0.5, 0.6) is 0 Å². The van der Waals surface area contributed by atoms with E-state index < -0.39 is 29.0 Å². The van der Waals surface area contributed by atoms with Crippen molar-refractivity contribution in [2.24, 2.45) is 11.8 Å². The Morgan fingerprint density at radius 1 is 1.30 bits per heavy atom. The number of aromatic nitrogens is 2. The minimum atomic E-state index is -0.884. The van der Waals surface area contributed by atoms with Crippen LogP contribution in [0.15, 0.2) is 42.5 Å². The van der Waals surface area contributed by atoms with Crippen molar-refractivity contribution < 1.29 is 29.2 Å². The van der Waals surface area contributed by atoms with E-state index in [1.165, 1.54) is 40.5 Å². The third-order valence-electron chi connectivity index (χ3n) is 6.94. The lowest BCUT2D eigenvalue weighted by atomic mass is 9.77. The van der Waals surface area contributed by atoms with E-state index in [0.717, 1.165) is 0 Å². The van der Waals surface area contributed by atoms with Crippen molar-refractivity contribution in [3.63, 3.8) is 0 Å². The summed E-state index contributed by atoms with van der Waals surface area (Å²) in [7, 11) is 0. The number of thiazole rings is 1. The highest BCUT2D eigenvalue weighted by Crippen LogP contribution is 2.51. The van der Waals surface area contributed by atoms with E-state index in [-0.39, 0.29) is 35.6 Å². The number of Topliss-reactive ketones (excluding diaryl/α,β-unsaturated/α-hetero) is 1. The maximum Gasteiger partial charge on any atom is 0.355 e. The summed E-state index contributed by atoms with van der Waals surface area (Å²) in [4.78, 5) is 56.1. The van der Waals surface area contributed by atoms with Crippen molar-refractivity contribution in [3.8, 4) is 0 Å². The Labute approximate surface area is 215 Å². The average Bonchev–Trinajstić information content (AvgIpc) is 3.51. The standard InChI is InChI=1S/C25H24N4O7S/c1-4-16(31)20-24-27(11-26-20)9-17(37-24)18-12(2)21-19(13(3)30)23(32)28(21)22(18)25(33)36-10-14-5-7-15(8-6-14)29(34)35/h5-9,11-13,19,21,30H,4,10H2,1-3H3/t12-,13+,19+,21+/m0/s1. The largest absolute Gasteiger partial charge is 0.456 e. The number of ether oxygens (including phenoxy) is 1. The van der Waals surface area contributed by atoms with E-state index >= 15 is 0 Å². The van der Waals surface area contributed by atoms with Crippen LogP contribution in [0.1, 0.15) is 48.1 Å². The first-order valence-electron chi connectivity index (χ1n) is 11.8. The van der Waals surface area contributed by atoms with Crippen LogP contribution in [0.25, 0.3) is 10.4 Å². The number of β-lactam (4-membered cyclic amide) rings is 1. The van der Waals surface area contributed by atoms with Crippen LogP contribution < -0.4 is 0 Å².